The fraction of sp³-hybridized carbons (Fsp3) is 0.360. The molecule has 7 heteroatoms. The van der Waals surface area contributed by atoms with Gasteiger partial charge < -0.3 is 5.32 Å². The van der Waals surface area contributed by atoms with Crippen molar-refractivity contribution in [3.8, 4) is 0 Å². The average Bonchev–Trinajstić information content (AvgIpc) is 3.49. The van der Waals surface area contributed by atoms with Crippen LogP contribution in [0.3, 0.4) is 0 Å². The van der Waals surface area contributed by atoms with E-state index in [1.807, 2.05) is 11.8 Å². The van der Waals surface area contributed by atoms with E-state index >= 15 is 0 Å². The Morgan fingerprint density at radius 2 is 1.81 bits per heavy atom. The zero-order valence-electron chi connectivity index (χ0n) is 17.4. The Balaban J connectivity index is 1.35. The first-order valence-corrected chi connectivity index (χ1v) is 13.2. The standard InChI is InChI=1S/C25H23ClN2O2S2/c26-17-8-10-18(11-9-17)27-19(29)13-28-24-23(32-25(28)30)20(14-4-2-1-3-5-14)21-15-6-7-16(12-15)22(21)31-24/h1-5,8-11,15-16,20-22H,6-7,12-13H2,(H,27,29)/t15-,16-,20-,21-,22+/m0/s1. The minimum Gasteiger partial charge on any atom is -0.325 e. The number of thioether (sulfide) groups is 1. The van der Waals surface area contributed by atoms with Gasteiger partial charge in [-0.2, -0.15) is 0 Å². The van der Waals surface area contributed by atoms with Crippen molar-refractivity contribution in [2.24, 2.45) is 17.8 Å². The number of amides is 1. The topological polar surface area (TPSA) is 51.1 Å². The average molecular weight is 483 g/mol. The van der Waals surface area contributed by atoms with E-state index in [2.05, 4.69) is 35.6 Å². The summed E-state index contributed by atoms with van der Waals surface area (Å²) >= 11 is 9.14. The van der Waals surface area contributed by atoms with Crippen LogP contribution in [0.15, 0.2) is 64.4 Å². The second-order valence-corrected chi connectivity index (χ2v) is 11.7. The number of fused-ring (bicyclic) bond motifs is 6. The number of thiazole rings is 1. The first kappa shape index (κ1) is 20.6. The van der Waals surface area contributed by atoms with Crippen LogP contribution in [0.25, 0.3) is 0 Å². The van der Waals surface area contributed by atoms with Gasteiger partial charge in [0.1, 0.15) is 6.54 Å². The van der Waals surface area contributed by atoms with E-state index in [1.165, 1.54) is 36.2 Å². The molecule has 6 rings (SSSR count). The monoisotopic (exact) mass is 482 g/mol. The van der Waals surface area contributed by atoms with E-state index < -0.39 is 0 Å². The van der Waals surface area contributed by atoms with Gasteiger partial charge >= 0.3 is 4.87 Å². The second kappa shape index (κ2) is 8.08. The van der Waals surface area contributed by atoms with Crippen LogP contribution in [-0.2, 0) is 11.3 Å². The van der Waals surface area contributed by atoms with Crippen LogP contribution in [0.5, 0.6) is 0 Å². The van der Waals surface area contributed by atoms with Gasteiger partial charge in [-0.1, -0.05) is 53.3 Å². The molecule has 2 aliphatic carbocycles. The molecule has 1 amide bonds. The Morgan fingerprint density at radius 3 is 2.59 bits per heavy atom. The molecule has 1 aliphatic heterocycles. The van der Waals surface area contributed by atoms with Crippen molar-refractivity contribution in [1.29, 1.82) is 0 Å². The van der Waals surface area contributed by atoms with E-state index in [1.54, 1.807) is 28.8 Å². The number of hydrogen-bond donors (Lipinski definition) is 1. The van der Waals surface area contributed by atoms with Crippen LogP contribution >= 0.6 is 34.7 Å². The number of rotatable bonds is 4. The summed E-state index contributed by atoms with van der Waals surface area (Å²) in [5.74, 6) is 2.12. The second-order valence-electron chi connectivity index (χ2n) is 9.06. The highest BCUT2D eigenvalue weighted by Crippen LogP contribution is 2.63. The van der Waals surface area contributed by atoms with Gasteiger partial charge in [0.15, 0.2) is 0 Å². The number of benzene rings is 2. The Bertz CT molecular complexity index is 1220. The third-order valence-corrected chi connectivity index (χ3v) is 10.4. The van der Waals surface area contributed by atoms with Crippen molar-refractivity contribution in [2.75, 3.05) is 5.32 Å². The van der Waals surface area contributed by atoms with Crippen molar-refractivity contribution in [3.63, 3.8) is 0 Å². The van der Waals surface area contributed by atoms with Crippen LogP contribution in [0, 0.1) is 17.8 Å². The molecule has 4 nitrogen and oxygen atoms in total. The summed E-state index contributed by atoms with van der Waals surface area (Å²) in [7, 11) is 0. The fourth-order valence-electron chi connectivity index (χ4n) is 6.00. The molecule has 2 heterocycles. The number of halogens is 1. The van der Waals surface area contributed by atoms with Crippen molar-refractivity contribution in [2.45, 2.75) is 42.0 Å². The number of carbonyl (C=O) groups is 1. The first-order valence-electron chi connectivity index (χ1n) is 11.1. The van der Waals surface area contributed by atoms with Crippen LogP contribution < -0.4 is 10.2 Å². The molecule has 3 aromatic rings. The molecule has 2 saturated carbocycles. The summed E-state index contributed by atoms with van der Waals surface area (Å²) in [5.41, 5.74) is 1.98. The third-order valence-electron chi connectivity index (χ3n) is 7.28. The Labute approximate surface area is 200 Å². The minimum atomic E-state index is -0.193. The molecule has 2 bridgehead atoms. The van der Waals surface area contributed by atoms with Crippen molar-refractivity contribution < 1.29 is 4.79 Å². The molecule has 0 radical (unpaired) electrons. The highest BCUT2D eigenvalue weighted by atomic mass is 35.5. The number of nitrogens with one attached hydrogen (secondary N) is 1. The smallest absolute Gasteiger partial charge is 0.308 e. The van der Waals surface area contributed by atoms with Gasteiger partial charge in [-0.15, -0.1) is 11.8 Å². The van der Waals surface area contributed by atoms with Gasteiger partial charge in [0.2, 0.25) is 5.91 Å². The maximum absolute atomic E-state index is 13.1. The first-order chi connectivity index (χ1) is 15.6. The number of anilines is 1. The van der Waals surface area contributed by atoms with E-state index in [-0.39, 0.29) is 23.2 Å². The van der Waals surface area contributed by atoms with Crippen molar-refractivity contribution >= 4 is 46.3 Å². The molecule has 1 aromatic heterocycles. The number of aromatic nitrogens is 1. The number of nitrogens with zero attached hydrogens (tertiary/aromatic N) is 1. The molecule has 3 aliphatic rings. The van der Waals surface area contributed by atoms with Crippen LogP contribution in [-0.4, -0.2) is 15.7 Å². The summed E-state index contributed by atoms with van der Waals surface area (Å²) in [6.07, 6.45) is 3.91. The van der Waals surface area contributed by atoms with Crippen LogP contribution in [0.1, 0.15) is 35.6 Å². The largest absolute Gasteiger partial charge is 0.325 e. The maximum Gasteiger partial charge on any atom is 0.308 e. The molecule has 164 valence electrons. The minimum absolute atomic E-state index is 0.0350. The molecule has 2 fully saturated rings. The summed E-state index contributed by atoms with van der Waals surface area (Å²) in [6.45, 7) is 0.0350. The van der Waals surface area contributed by atoms with E-state index in [0.29, 0.717) is 21.9 Å². The molecular formula is C25H23ClN2O2S2. The number of hydrogen-bond acceptors (Lipinski definition) is 4. The molecule has 2 aromatic carbocycles. The molecule has 0 unspecified atom stereocenters. The SMILES string of the molecule is O=C(Cn1c2c(sc1=O)[C@@H](c1ccccc1)[C@@H]1[C@H]3CC[C@@H](C3)[C@H]1S2)Nc1ccc(Cl)cc1. The lowest BCUT2D eigenvalue weighted by atomic mass is 9.75. The van der Waals surface area contributed by atoms with E-state index in [0.717, 1.165) is 21.7 Å². The zero-order chi connectivity index (χ0) is 21.8. The van der Waals surface area contributed by atoms with Crippen molar-refractivity contribution in [3.05, 3.63) is 79.7 Å². The van der Waals surface area contributed by atoms with Gasteiger partial charge in [-0.05, 0) is 66.8 Å². The Kier molecular flexibility index (Phi) is 5.20. The molecule has 0 spiro atoms. The summed E-state index contributed by atoms with van der Waals surface area (Å²) in [6, 6.07) is 17.7. The molecule has 0 saturated heterocycles. The summed E-state index contributed by atoms with van der Waals surface area (Å²) in [4.78, 5) is 27.0. The van der Waals surface area contributed by atoms with Gasteiger partial charge in [0.05, 0.1) is 5.03 Å². The lowest BCUT2D eigenvalue weighted by Crippen LogP contribution is -2.34. The van der Waals surface area contributed by atoms with E-state index in [4.69, 9.17) is 11.6 Å². The highest BCUT2D eigenvalue weighted by Gasteiger charge is 2.55. The predicted octanol–water partition coefficient (Wildman–Crippen LogP) is 5.85. The lowest BCUT2D eigenvalue weighted by molar-refractivity contribution is -0.116. The highest BCUT2D eigenvalue weighted by molar-refractivity contribution is 8.00. The van der Waals surface area contributed by atoms with E-state index in [9.17, 15) is 9.59 Å². The van der Waals surface area contributed by atoms with Gasteiger partial charge in [-0.25, -0.2) is 0 Å². The molecule has 32 heavy (non-hydrogen) atoms. The van der Waals surface area contributed by atoms with Gasteiger partial charge in [0.25, 0.3) is 0 Å². The van der Waals surface area contributed by atoms with Crippen molar-refractivity contribution in [1.82, 2.24) is 4.57 Å². The maximum atomic E-state index is 13.1. The Hall–Kier alpha value is -2.02. The normalized spacial score (nSPS) is 27.7. The third kappa shape index (κ3) is 3.44. The van der Waals surface area contributed by atoms with Crippen LogP contribution in [0.2, 0.25) is 5.02 Å². The molecule has 1 N–H and O–H groups in total. The summed E-state index contributed by atoms with van der Waals surface area (Å²) in [5, 5.41) is 5.06. The predicted molar refractivity (Wildman–Crippen MR) is 131 cm³/mol. The summed E-state index contributed by atoms with van der Waals surface area (Å²) < 4.78 is 1.70. The quantitative estimate of drug-likeness (QED) is 0.507. The molecule has 5 atom stereocenters. The Morgan fingerprint density at radius 1 is 1.06 bits per heavy atom. The fourth-order valence-corrected chi connectivity index (χ4v) is 9.27. The van der Waals surface area contributed by atoms with Crippen LogP contribution in [0.4, 0.5) is 5.69 Å². The van der Waals surface area contributed by atoms with Gasteiger partial charge in [0, 0.05) is 26.8 Å². The lowest BCUT2D eigenvalue weighted by Gasteiger charge is -2.40. The zero-order valence-corrected chi connectivity index (χ0v) is 19.8. The number of carbonyl (C=O) groups excluding carboxylic acids is 1. The van der Waals surface area contributed by atoms with Gasteiger partial charge in [-0.3, -0.25) is 14.2 Å². The molecular weight excluding hydrogens is 460 g/mol.